The van der Waals surface area contributed by atoms with Crippen molar-refractivity contribution in [1.29, 1.82) is 0 Å². The second-order valence-electron chi connectivity index (χ2n) is 7.36. The Morgan fingerprint density at radius 1 is 1.04 bits per heavy atom. The van der Waals surface area contributed by atoms with Gasteiger partial charge in [0.2, 0.25) is 5.91 Å². The van der Waals surface area contributed by atoms with Gasteiger partial charge in [0.1, 0.15) is 5.75 Å². The molecule has 0 aromatic heterocycles. The summed E-state index contributed by atoms with van der Waals surface area (Å²) >= 11 is 0. The van der Waals surface area contributed by atoms with Crippen LogP contribution in [0.25, 0.3) is 10.8 Å². The molecule has 2 aromatic rings. The third-order valence-electron chi connectivity index (χ3n) is 5.76. The highest BCUT2D eigenvalue weighted by molar-refractivity contribution is 6.02. The predicted molar refractivity (Wildman–Crippen MR) is 94.8 cm³/mol. The maximum absolute atomic E-state index is 12.3. The largest absolute Gasteiger partial charge is 0.507 e. The van der Waals surface area contributed by atoms with Gasteiger partial charge < -0.3 is 5.11 Å². The molecular weight excluding hydrogens is 316 g/mol. The molecular formula is C20H22N2O3. The van der Waals surface area contributed by atoms with Crippen LogP contribution in [0.1, 0.15) is 42.5 Å². The van der Waals surface area contributed by atoms with Crippen molar-refractivity contribution in [3.8, 4) is 5.75 Å². The van der Waals surface area contributed by atoms with Gasteiger partial charge in [-0.25, -0.2) is 0 Å². The zero-order valence-corrected chi connectivity index (χ0v) is 14.0. The van der Waals surface area contributed by atoms with E-state index in [4.69, 9.17) is 0 Å². The average molecular weight is 338 g/mol. The van der Waals surface area contributed by atoms with Crippen LogP contribution in [-0.4, -0.2) is 16.9 Å². The number of carbonyl (C=O) groups is 2. The zero-order chi connectivity index (χ0) is 17.4. The summed E-state index contributed by atoms with van der Waals surface area (Å²) in [6, 6.07) is 10.7. The molecule has 25 heavy (non-hydrogen) atoms. The Kier molecular flexibility index (Phi) is 4.07. The van der Waals surface area contributed by atoms with E-state index in [9.17, 15) is 14.7 Å². The van der Waals surface area contributed by atoms with Crippen molar-refractivity contribution in [2.75, 3.05) is 0 Å². The Bertz CT molecular complexity index is 833. The summed E-state index contributed by atoms with van der Waals surface area (Å²) in [4.78, 5) is 24.4. The van der Waals surface area contributed by atoms with E-state index in [1.54, 1.807) is 12.1 Å². The number of phenolic OH excluding ortho intramolecular Hbond substituents is 1. The Morgan fingerprint density at radius 2 is 1.80 bits per heavy atom. The average Bonchev–Trinajstić information content (AvgIpc) is 3.22. The number of fused-ring (bicyclic) bond motifs is 3. The number of phenols is 1. The van der Waals surface area contributed by atoms with Gasteiger partial charge in [-0.1, -0.05) is 30.7 Å². The minimum absolute atomic E-state index is 0.0986. The van der Waals surface area contributed by atoms with Crippen LogP contribution in [0.2, 0.25) is 0 Å². The van der Waals surface area contributed by atoms with Crippen molar-refractivity contribution in [2.45, 2.75) is 32.1 Å². The minimum Gasteiger partial charge on any atom is -0.507 e. The Hall–Kier alpha value is -2.56. The van der Waals surface area contributed by atoms with Crippen LogP contribution in [0, 0.1) is 17.8 Å². The Balaban J connectivity index is 1.37. The maximum Gasteiger partial charge on any atom is 0.273 e. The molecule has 0 aliphatic heterocycles. The number of aromatic hydroxyl groups is 1. The van der Waals surface area contributed by atoms with Gasteiger partial charge in [-0.15, -0.1) is 0 Å². The van der Waals surface area contributed by atoms with E-state index >= 15 is 0 Å². The SMILES string of the molecule is O=C(C[C@@H]1C[C@H]2CC[C@H]1C2)NNC(=O)c1cc2ccccc2cc1O. The van der Waals surface area contributed by atoms with E-state index in [0.717, 1.165) is 23.1 Å². The summed E-state index contributed by atoms with van der Waals surface area (Å²) in [7, 11) is 0. The molecule has 3 N–H and O–H groups in total. The van der Waals surface area contributed by atoms with Crippen LogP contribution in [0.4, 0.5) is 0 Å². The first kappa shape index (κ1) is 15.9. The minimum atomic E-state index is -0.510. The van der Waals surface area contributed by atoms with E-state index in [0.29, 0.717) is 18.3 Å². The fourth-order valence-electron chi connectivity index (χ4n) is 4.52. The van der Waals surface area contributed by atoms with Gasteiger partial charge >= 0.3 is 0 Å². The lowest BCUT2D eigenvalue weighted by atomic mass is 9.86. The van der Waals surface area contributed by atoms with Gasteiger partial charge in [0, 0.05) is 6.42 Å². The van der Waals surface area contributed by atoms with Gasteiger partial charge in [-0.05, 0) is 59.9 Å². The lowest BCUT2D eigenvalue weighted by molar-refractivity contribution is -0.123. The molecule has 2 saturated carbocycles. The summed E-state index contributed by atoms with van der Waals surface area (Å²) in [5.74, 6) is 1.15. The molecule has 2 bridgehead atoms. The molecule has 0 heterocycles. The smallest absolute Gasteiger partial charge is 0.273 e. The highest BCUT2D eigenvalue weighted by Gasteiger charge is 2.40. The normalized spacial score (nSPS) is 24.4. The van der Waals surface area contributed by atoms with Crippen molar-refractivity contribution in [2.24, 2.45) is 17.8 Å². The lowest BCUT2D eigenvalue weighted by Crippen LogP contribution is -2.42. The predicted octanol–water partition coefficient (Wildman–Crippen LogP) is 3.13. The number of hydrogen-bond acceptors (Lipinski definition) is 3. The van der Waals surface area contributed by atoms with E-state index in [1.165, 1.54) is 19.3 Å². The van der Waals surface area contributed by atoms with Gasteiger partial charge in [0.25, 0.3) is 5.91 Å². The van der Waals surface area contributed by atoms with Crippen LogP contribution < -0.4 is 10.9 Å². The lowest BCUT2D eigenvalue weighted by Gasteiger charge is -2.21. The standard InChI is InChI=1S/C20H22N2O3/c23-18-10-14-4-2-1-3-13(14)9-17(18)20(25)22-21-19(24)11-16-8-12-5-6-15(16)7-12/h1-4,9-10,12,15-16,23H,5-8,11H2,(H,21,24)(H,22,25)/t12-,15-,16-/m0/s1. The molecule has 2 aliphatic carbocycles. The Labute approximate surface area is 146 Å². The summed E-state index contributed by atoms with van der Waals surface area (Å²) < 4.78 is 0. The molecule has 130 valence electrons. The fourth-order valence-corrected chi connectivity index (χ4v) is 4.52. The molecule has 0 spiro atoms. The number of hydrazine groups is 1. The second-order valence-corrected chi connectivity index (χ2v) is 7.36. The first-order valence-electron chi connectivity index (χ1n) is 8.91. The Morgan fingerprint density at radius 3 is 2.48 bits per heavy atom. The number of benzene rings is 2. The molecule has 5 nitrogen and oxygen atoms in total. The van der Waals surface area contributed by atoms with Crippen LogP contribution in [0.3, 0.4) is 0 Å². The van der Waals surface area contributed by atoms with Crippen molar-refractivity contribution in [3.63, 3.8) is 0 Å². The van der Waals surface area contributed by atoms with Crippen molar-refractivity contribution >= 4 is 22.6 Å². The van der Waals surface area contributed by atoms with Crippen LogP contribution in [0.5, 0.6) is 5.75 Å². The maximum atomic E-state index is 12.3. The van der Waals surface area contributed by atoms with E-state index in [-0.39, 0.29) is 17.2 Å². The van der Waals surface area contributed by atoms with Gasteiger partial charge in [-0.3, -0.25) is 20.4 Å². The number of hydrogen-bond donors (Lipinski definition) is 3. The first-order valence-corrected chi connectivity index (χ1v) is 8.91. The second kappa shape index (κ2) is 6.39. The monoisotopic (exact) mass is 338 g/mol. The molecule has 3 atom stereocenters. The van der Waals surface area contributed by atoms with E-state index in [2.05, 4.69) is 10.9 Å². The highest BCUT2D eigenvalue weighted by atomic mass is 16.3. The topological polar surface area (TPSA) is 78.4 Å². The molecule has 2 amide bonds. The van der Waals surface area contributed by atoms with E-state index in [1.807, 2.05) is 24.3 Å². The molecule has 4 rings (SSSR count). The fraction of sp³-hybridized carbons (Fsp3) is 0.400. The van der Waals surface area contributed by atoms with Crippen LogP contribution >= 0.6 is 0 Å². The first-order chi connectivity index (χ1) is 12.1. The summed E-state index contributed by atoms with van der Waals surface area (Å²) in [6.07, 6.45) is 5.40. The summed E-state index contributed by atoms with van der Waals surface area (Å²) in [5.41, 5.74) is 5.07. The molecule has 0 unspecified atom stereocenters. The zero-order valence-electron chi connectivity index (χ0n) is 14.0. The van der Waals surface area contributed by atoms with Crippen molar-refractivity contribution in [3.05, 3.63) is 42.0 Å². The summed E-state index contributed by atoms with van der Waals surface area (Å²) in [5, 5.41) is 11.8. The number of carbonyl (C=O) groups excluding carboxylic acids is 2. The van der Waals surface area contributed by atoms with Gasteiger partial charge in [0.15, 0.2) is 0 Å². The molecule has 2 fully saturated rings. The third kappa shape index (κ3) is 3.18. The summed E-state index contributed by atoms with van der Waals surface area (Å²) in [6.45, 7) is 0. The highest BCUT2D eigenvalue weighted by Crippen LogP contribution is 2.49. The number of nitrogens with one attached hydrogen (secondary N) is 2. The molecule has 2 aromatic carbocycles. The van der Waals surface area contributed by atoms with E-state index < -0.39 is 5.91 Å². The quantitative estimate of drug-likeness (QED) is 0.752. The van der Waals surface area contributed by atoms with Crippen LogP contribution in [0.15, 0.2) is 36.4 Å². The molecule has 2 aliphatic rings. The van der Waals surface area contributed by atoms with Crippen molar-refractivity contribution < 1.29 is 14.7 Å². The third-order valence-corrected chi connectivity index (χ3v) is 5.76. The van der Waals surface area contributed by atoms with Gasteiger partial charge in [-0.2, -0.15) is 0 Å². The molecule has 5 heteroatoms. The van der Waals surface area contributed by atoms with Crippen LogP contribution in [-0.2, 0) is 4.79 Å². The number of amides is 2. The van der Waals surface area contributed by atoms with Gasteiger partial charge in [0.05, 0.1) is 5.56 Å². The van der Waals surface area contributed by atoms with Crippen molar-refractivity contribution in [1.82, 2.24) is 10.9 Å². The number of rotatable bonds is 3. The molecule has 0 radical (unpaired) electrons. The molecule has 0 saturated heterocycles.